The van der Waals surface area contributed by atoms with Crippen LogP contribution < -0.4 is 0 Å². The molecule has 0 saturated heterocycles. The Hall–Kier alpha value is -0.670. The Labute approximate surface area is 104 Å². The van der Waals surface area contributed by atoms with E-state index in [1.54, 1.807) is 11.8 Å². The van der Waals surface area contributed by atoms with Crippen LogP contribution in [0, 0.1) is 5.92 Å². The maximum atomic E-state index is 11.0. The van der Waals surface area contributed by atoms with Gasteiger partial charge in [0.05, 0.1) is 5.92 Å². The minimum atomic E-state index is -0.669. The summed E-state index contributed by atoms with van der Waals surface area (Å²) in [6, 6.07) is 7.60. The van der Waals surface area contributed by atoms with Crippen molar-refractivity contribution in [2.75, 3.05) is 0 Å². The highest BCUT2D eigenvalue weighted by molar-refractivity contribution is 8.00. The molecular weight excluding hydrogens is 244 g/mol. The SMILES string of the molecule is O=C(O)C1CCCC1Sc1cccc(Cl)c1. The van der Waals surface area contributed by atoms with Crippen molar-refractivity contribution in [2.45, 2.75) is 29.4 Å². The van der Waals surface area contributed by atoms with Crippen LogP contribution in [0.15, 0.2) is 29.2 Å². The molecular formula is C12H13ClO2S. The predicted octanol–water partition coefficient (Wildman–Crippen LogP) is 3.69. The molecule has 1 fully saturated rings. The standard InChI is InChI=1S/C12H13ClO2S/c13-8-3-1-4-9(7-8)16-11-6-2-5-10(11)12(14)15/h1,3-4,7,10-11H,2,5-6H2,(H,14,15). The van der Waals surface area contributed by atoms with Crippen LogP contribution in [0.5, 0.6) is 0 Å². The highest BCUT2D eigenvalue weighted by Gasteiger charge is 2.33. The van der Waals surface area contributed by atoms with Crippen molar-refractivity contribution in [3.63, 3.8) is 0 Å². The van der Waals surface area contributed by atoms with Crippen LogP contribution in [0.1, 0.15) is 19.3 Å². The molecule has 0 bridgehead atoms. The topological polar surface area (TPSA) is 37.3 Å². The van der Waals surface area contributed by atoms with E-state index in [0.29, 0.717) is 5.02 Å². The van der Waals surface area contributed by atoms with Crippen molar-refractivity contribution in [3.05, 3.63) is 29.3 Å². The van der Waals surface area contributed by atoms with Crippen molar-refractivity contribution in [2.24, 2.45) is 5.92 Å². The Morgan fingerprint density at radius 2 is 2.25 bits per heavy atom. The van der Waals surface area contributed by atoms with Gasteiger partial charge in [0.1, 0.15) is 0 Å². The van der Waals surface area contributed by atoms with Crippen molar-refractivity contribution in [3.8, 4) is 0 Å². The van der Waals surface area contributed by atoms with E-state index in [0.717, 1.165) is 24.2 Å². The van der Waals surface area contributed by atoms with Crippen LogP contribution in [-0.2, 0) is 4.79 Å². The zero-order valence-corrected chi connectivity index (χ0v) is 10.3. The third kappa shape index (κ3) is 2.71. The number of carboxylic acids is 1. The molecule has 2 nitrogen and oxygen atoms in total. The van der Waals surface area contributed by atoms with E-state index in [1.807, 2.05) is 24.3 Å². The van der Waals surface area contributed by atoms with Crippen molar-refractivity contribution >= 4 is 29.3 Å². The average molecular weight is 257 g/mol. The van der Waals surface area contributed by atoms with Crippen molar-refractivity contribution < 1.29 is 9.90 Å². The number of carbonyl (C=O) groups is 1. The highest BCUT2D eigenvalue weighted by Crippen LogP contribution is 2.39. The summed E-state index contributed by atoms with van der Waals surface area (Å²) in [5.74, 6) is -0.874. The number of rotatable bonds is 3. The normalized spacial score (nSPS) is 24.6. The van der Waals surface area contributed by atoms with Crippen LogP contribution in [0.3, 0.4) is 0 Å². The summed E-state index contributed by atoms with van der Waals surface area (Å²) in [6.07, 6.45) is 2.79. The predicted molar refractivity (Wildman–Crippen MR) is 66.1 cm³/mol. The van der Waals surface area contributed by atoms with E-state index in [2.05, 4.69) is 0 Å². The Balaban J connectivity index is 2.06. The number of halogens is 1. The molecule has 1 aromatic rings. The lowest BCUT2D eigenvalue weighted by molar-refractivity contribution is -0.141. The number of aliphatic carboxylic acids is 1. The summed E-state index contributed by atoms with van der Waals surface area (Å²) >= 11 is 7.54. The number of benzene rings is 1. The van der Waals surface area contributed by atoms with Crippen molar-refractivity contribution in [1.82, 2.24) is 0 Å². The molecule has 4 heteroatoms. The lowest BCUT2D eigenvalue weighted by Gasteiger charge is -2.15. The monoisotopic (exact) mass is 256 g/mol. The van der Waals surface area contributed by atoms with Gasteiger partial charge in [0.2, 0.25) is 0 Å². The fraction of sp³-hybridized carbons (Fsp3) is 0.417. The van der Waals surface area contributed by atoms with Crippen LogP contribution in [-0.4, -0.2) is 16.3 Å². The molecule has 1 aliphatic carbocycles. The molecule has 2 atom stereocenters. The van der Waals surface area contributed by atoms with Gasteiger partial charge in [0, 0.05) is 15.2 Å². The van der Waals surface area contributed by atoms with E-state index >= 15 is 0 Å². The van der Waals surface area contributed by atoms with Crippen molar-refractivity contribution in [1.29, 1.82) is 0 Å². The minimum absolute atomic E-state index is 0.191. The molecule has 0 aromatic heterocycles. The third-order valence-electron chi connectivity index (χ3n) is 2.85. The summed E-state index contributed by atoms with van der Waals surface area (Å²) in [5.41, 5.74) is 0. The number of hydrogen-bond acceptors (Lipinski definition) is 2. The zero-order valence-electron chi connectivity index (χ0n) is 8.73. The first-order chi connectivity index (χ1) is 7.66. The second kappa shape index (κ2) is 5.11. The van der Waals surface area contributed by atoms with Gasteiger partial charge in [-0.25, -0.2) is 0 Å². The second-order valence-corrected chi connectivity index (χ2v) is 5.74. The largest absolute Gasteiger partial charge is 0.481 e. The molecule has 0 aliphatic heterocycles. The quantitative estimate of drug-likeness (QED) is 0.896. The van der Waals surface area contributed by atoms with Gasteiger partial charge < -0.3 is 5.11 Å². The summed E-state index contributed by atoms with van der Waals surface area (Å²) in [5, 5.41) is 9.97. The summed E-state index contributed by atoms with van der Waals surface area (Å²) in [4.78, 5) is 12.1. The second-order valence-electron chi connectivity index (χ2n) is 3.99. The molecule has 2 unspecified atom stereocenters. The highest BCUT2D eigenvalue weighted by atomic mass is 35.5. The van der Waals surface area contributed by atoms with Crippen LogP contribution >= 0.6 is 23.4 Å². The van der Waals surface area contributed by atoms with E-state index < -0.39 is 5.97 Å². The molecule has 1 saturated carbocycles. The first-order valence-corrected chi connectivity index (χ1v) is 6.57. The summed E-state index contributed by atoms with van der Waals surface area (Å²) in [7, 11) is 0. The lowest BCUT2D eigenvalue weighted by atomic mass is 10.1. The molecule has 16 heavy (non-hydrogen) atoms. The maximum Gasteiger partial charge on any atom is 0.307 e. The van der Waals surface area contributed by atoms with Gasteiger partial charge in [-0.15, -0.1) is 11.8 Å². The molecule has 1 aromatic carbocycles. The van der Waals surface area contributed by atoms with Gasteiger partial charge in [-0.1, -0.05) is 24.1 Å². The van der Waals surface area contributed by atoms with E-state index in [4.69, 9.17) is 16.7 Å². The van der Waals surface area contributed by atoms with E-state index in [1.165, 1.54) is 0 Å². The average Bonchev–Trinajstić information content (AvgIpc) is 2.66. The summed E-state index contributed by atoms with van der Waals surface area (Å²) in [6.45, 7) is 0. The van der Waals surface area contributed by atoms with Crippen LogP contribution in [0.2, 0.25) is 5.02 Å². The van der Waals surface area contributed by atoms with Gasteiger partial charge in [0.25, 0.3) is 0 Å². The molecule has 1 N–H and O–H groups in total. The minimum Gasteiger partial charge on any atom is -0.481 e. The van der Waals surface area contributed by atoms with Crippen LogP contribution in [0.25, 0.3) is 0 Å². The number of carboxylic acid groups (broad SMARTS) is 1. The van der Waals surface area contributed by atoms with Gasteiger partial charge >= 0.3 is 5.97 Å². The smallest absolute Gasteiger partial charge is 0.307 e. The fourth-order valence-corrected chi connectivity index (χ4v) is 3.72. The lowest BCUT2D eigenvalue weighted by Crippen LogP contribution is -2.19. The number of hydrogen-bond donors (Lipinski definition) is 1. The molecule has 0 amide bonds. The Kier molecular flexibility index (Phi) is 3.77. The van der Waals surface area contributed by atoms with Gasteiger partial charge in [0.15, 0.2) is 0 Å². The van der Waals surface area contributed by atoms with Gasteiger partial charge in [-0.2, -0.15) is 0 Å². The van der Waals surface area contributed by atoms with E-state index in [-0.39, 0.29) is 11.2 Å². The molecule has 0 radical (unpaired) electrons. The molecule has 86 valence electrons. The first-order valence-electron chi connectivity index (χ1n) is 5.32. The Bertz CT molecular complexity index is 394. The zero-order chi connectivity index (χ0) is 11.5. The van der Waals surface area contributed by atoms with Gasteiger partial charge in [-0.05, 0) is 31.0 Å². The number of thioether (sulfide) groups is 1. The first kappa shape index (κ1) is 11.8. The molecule has 1 aliphatic rings. The fourth-order valence-electron chi connectivity index (χ4n) is 2.06. The van der Waals surface area contributed by atoms with Crippen LogP contribution in [0.4, 0.5) is 0 Å². The summed E-state index contributed by atoms with van der Waals surface area (Å²) < 4.78 is 0. The third-order valence-corrected chi connectivity index (χ3v) is 4.48. The van der Waals surface area contributed by atoms with Gasteiger partial charge in [-0.3, -0.25) is 4.79 Å². The molecule has 2 rings (SSSR count). The maximum absolute atomic E-state index is 11.0. The molecule has 0 spiro atoms. The Morgan fingerprint density at radius 1 is 1.44 bits per heavy atom. The van der Waals surface area contributed by atoms with E-state index in [9.17, 15) is 4.79 Å². The molecule has 0 heterocycles. The Morgan fingerprint density at radius 3 is 2.94 bits per heavy atom.